The van der Waals surface area contributed by atoms with Gasteiger partial charge in [0.15, 0.2) is 0 Å². The molecule has 1 aliphatic rings. The molecule has 0 aromatic heterocycles. The first-order chi connectivity index (χ1) is 9.05. The van der Waals surface area contributed by atoms with Crippen molar-refractivity contribution < 1.29 is 4.79 Å². The minimum Gasteiger partial charge on any atom is -0.323 e. The molecule has 1 atom stereocenters. The van der Waals surface area contributed by atoms with Crippen molar-refractivity contribution in [2.75, 3.05) is 11.9 Å². The Kier molecular flexibility index (Phi) is 4.08. The minimum absolute atomic E-state index is 0.119. The first-order valence-electron chi connectivity index (χ1n) is 6.31. The number of rotatable bonds is 2. The molecule has 4 nitrogen and oxygen atoms in total. The Hall–Kier alpha value is -1.57. The summed E-state index contributed by atoms with van der Waals surface area (Å²) in [6.07, 6.45) is 2.91. The van der Waals surface area contributed by atoms with Crippen LogP contribution in [0.1, 0.15) is 31.7 Å². The number of halogens is 1. The van der Waals surface area contributed by atoms with Crippen molar-refractivity contribution in [3.05, 3.63) is 28.8 Å². The van der Waals surface area contributed by atoms with Crippen molar-refractivity contribution >= 4 is 23.2 Å². The monoisotopic (exact) mass is 277 g/mol. The number of anilines is 1. The molecular weight excluding hydrogens is 262 g/mol. The molecule has 1 heterocycles. The van der Waals surface area contributed by atoms with Gasteiger partial charge in [-0.05, 0) is 50.9 Å². The van der Waals surface area contributed by atoms with Gasteiger partial charge in [0.1, 0.15) is 6.07 Å². The first kappa shape index (κ1) is 13.9. The largest absolute Gasteiger partial charge is 0.323 e. The Morgan fingerprint density at radius 2 is 2.32 bits per heavy atom. The van der Waals surface area contributed by atoms with Crippen LogP contribution in [0.15, 0.2) is 18.2 Å². The normalized spacial score (nSPS) is 22.6. The number of benzene rings is 1. The minimum atomic E-state index is -0.576. The van der Waals surface area contributed by atoms with Crippen LogP contribution in [0.3, 0.4) is 0 Å². The number of nitriles is 1. The molecule has 1 unspecified atom stereocenters. The summed E-state index contributed by atoms with van der Waals surface area (Å²) in [5, 5.41) is 15.6. The highest BCUT2D eigenvalue weighted by atomic mass is 35.5. The van der Waals surface area contributed by atoms with E-state index in [0.29, 0.717) is 16.3 Å². The van der Waals surface area contributed by atoms with Gasteiger partial charge in [-0.3, -0.25) is 4.79 Å². The molecule has 0 bridgehead atoms. The van der Waals surface area contributed by atoms with Crippen molar-refractivity contribution in [3.63, 3.8) is 0 Å². The Labute approximate surface area is 117 Å². The second-order valence-corrected chi connectivity index (χ2v) is 5.41. The fraction of sp³-hybridized carbons (Fsp3) is 0.429. The third-order valence-corrected chi connectivity index (χ3v) is 3.71. The quantitative estimate of drug-likeness (QED) is 0.873. The second-order valence-electron chi connectivity index (χ2n) is 4.97. The van der Waals surface area contributed by atoms with Crippen molar-refractivity contribution in [2.24, 2.45) is 0 Å². The van der Waals surface area contributed by atoms with E-state index in [1.165, 1.54) is 0 Å². The van der Waals surface area contributed by atoms with Gasteiger partial charge in [-0.15, -0.1) is 0 Å². The summed E-state index contributed by atoms with van der Waals surface area (Å²) < 4.78 is 0. The maximum absolute atomic E-state index is 12.3. The lowest BCUT2D eigenvalue weighted by molar-refractivity contribution is -0.122. The Morgan fingerprint density at radius 3 is 2.95 bits per heavy atom. The van der Waals surface area contributed by atoms with Crippen LogP contribution in [-0.4, -0.2) is 18.0 Å². The lowest BCUT2D eigenvalue weighted by Gasteiger charge is -2.33. The smallest absolute Gasteiger partial charge is 0.244 e. The van der Waals surface area contributed by atoms with Gasteiger partial charge >= 0.3 is 0 Å². The summed E-state index contributed by atoms with van der Waals surface area (Å²) >= 11 is 5.90. The van der Waals surface area contributed by atoms with Crippen LogP contribution in [0.25, 0.3) is 0 Å². The van der Waals surface area contributed by atoms with E-state index in [2.05, 4.69) is 10.6 Å². The summed E-state index contributed by atoms with van der Waals surface area (Å²) in [4.78, 5) is 12.3. The zero-order valence-electron chi connectivity index (χ0n) is 10.8. The maximum atomic E-state index is 12.3. The van der Waals surface area contributed by atoms with Gasteiger partial charge in [0.2, 0.25) is 5.91 Å². The number of hydrogen-bond acceptors (Lipinski definition) is 3. The SMILES string of the molecule is CC1(C(=O)Nc2cc(Cl)ccc2C#N)CCCCN1. The third-order valence-electron chi connectivity index (χ3n) is 3.47. The van der Waals surface area contributed by atoms with Gasteiger partial charge < -0.3 is 10.6 Å². The molecule has 0 saturated carbocycles. The van der Waals surface area contributed by atoms with Crippen LogP contribution in [0, 0.1) is 11.3 Å². The lowest BCUT2D eigenvalue weighted by atomic mass is 9.90. The standard InChI is InChI=1S/C14H16ClN3O/c1-14(6-2-3-7-17-14)13(19)18-12-8-11(15)5-4-10(12)9-16/h4-5,8,17H,2-3,6-7H2,1H3,(H,18,19). The number of amides is 1. The fourth-order valence-corrected chi connectivity index (χ4v) is 2.40. The number of hydrogen-bond donors (Lipinski definition) is 2. The highest BCUT2D eigenvalue weighted by Crippen LogP contribution is 2.24. The van der Waals surface area contributed by atoms with Gasteiger partial charge in [-0.2, -0.15) is 5.26 Å². The molecular formula is C14H16ClN3O. The average Bonchev–Trinajstić information content (AvgIpc) is 2.40. The molecule has 1 aliphatic heterocycles. The Bertz CT molecular complexity index is 530. The molecule has 2 N–H and O–H groups in total. The van der Waals surface area contributed by atoms with Crippen molar-refractivity contribution in [2.45, 2.75) is 31.7 Å². The van der Waals surface area contributed by atoms with Crippen LogP contribution in [0.2, 0.25) is 5.02 Å². The van der Waals surface area contributed by atoms with Crippen LogP contribution in [-0.2, 0) is 4.79 Å². The summed E-state index contributed by atoms with van der Waals surface area (Å²) in [5.41, 5.74) is 0.304. The van der Waals surface area contributed by atoms with E-state index in [1.54, 1.807) is 18.2 Å². The van der Waals surface area contributed by atoms with Crippen LogP contribution < -0.4 is 10.6 Å². The number of carbonyl (C=O) groups excluding carboxylic acids is 1. The van der Waals surface area contributed by atoms with E-state index in [4.69, 9.17) is 16.9 Å². The van der Waals surface area contributed by atoms with E-state index in [-0.39, 0.29) is 5.91 Å². The average molecular weight is 278 g/mol. The van der Waals surface area contributed by atoms with Gasteiger partial charge in [0, 0.05) is 5.02 Å². The predicted octanol–water partition coefficient (Wildman–Crippen LogP) is 2.68. The summed E-state index contributed by atoms with van der Waals surface area (Å²) in [7, 11) is 0. The molecule has 1 aromatic carbocycles. The van der Waals surface area contributed by atoms with Gasteiger partial charge in [-0.25, -0.2) is 0 Å². The highest BCUT2D eigenvalue weighted by Gasteiger charge is 2.34. The topological polar surface area (TPSA) is 64.9 Å². The Morgan fingerprint density at radius 1 is 1.53 bits per heavy atom. The number of carbonyl (C=O) groups is 1. The molecule has 1 saturated heterocycles. The summed E-state index contributed by atoms with van der Waals surface area (Å²) in [6, 6.07) is 6.89. The van der Waals surface area contributed by atoms with Crippen LogP contribution >= 0.6 is 11.6 Å². The van der Waals surface area contributed by atoms with E-state index < -0.39 is 5.54 Å². The maximum Gasteiger partial charge on any atom is 0.244 e. The van der Waals surface area contributed by atoms with Gasteiger partial charge in [0.05, 0.1) is 16.8 Å². The molecule has 1 fully saturated rings. The van der Waals surface area contributed by atoms with Gasteiger partial charge in [-0.1, -0.05) is 11.6 Å². The zero-order valence-corrected chi connectivity index (χ0v) is 11.5. The highest BCUT2D eigenvalue weighted by molar-refractivity contribution is 6.31. The fourth-order valence-electron chi connectivity index (χ4n) is 2.23. The molecule has 0 radical (unpaired) electrons. The van der Waals surface area contributed by atoms with E-state index in [1.807, 2.05) is 13.0 Å². The lowest BCUT2D eigenvalue weighted by Crippen LogP contribution is -2.54. The van der Waals surface area contributed by atoms with Crippen molar-refractivity contribution in [3.8, 4) is 6.07 Å². The van der Waals surface area contributed by atoms with Crippen molar-refractivity contribution in [1.29, 1.82) is 5.26 Å². The number of nitrogens with one attached hydrogen (secondary N) is 2. The van der Waals surface area contributed by atoms with Crippen LogP contribution in [0.4, 0.5) is 5.69 Å². The molecule has 1 amide bonds. The van der Waals surface area contributed by atoms with E-state index >= 15 is 0 Å². The molecule has 1 aromatic rings. The molecule has 0 spiro atoms. The summed E-state index contributed by atoms with van der Waals surface area (Å²) in [5.74, 6) is -0.119. The molecule has 100 valence electrons. The van der Waals surface area contributed by atoms with Gasteiger partial charge in [0.25, 0.3) is 0 Å². The zero-order chi connectivity index (χ0) is 13.9. The predicted molar refractivity (Wildman–Crippen MR) is 75.1 cm³/mol. The molecule has 19 heavy (non-hydrogen) atoms. The Balaban J connectivity index is 2.19. The third kappa shape index (κ3) is 3.06. The van der Waals surface area contributed by atoms with Crippen LogP contribution in [0.5, 0.6) is 0 Å². The van der Waals surface area contributed by atoms with E-state index in [0.717, 1.165) is 25.8 Å². The molecule has 5 heteroatoms. The number of piperidine rings is 1. The second kappa shape index (κ2) is 5.60. The summed E-state index contributed by atoms with van der Waals surface area (Å²) in [6.45, 7) is 2.72. The number of nitrogens with zero attached hydrogens (tertiary/aromatic N) is 1. The molecule has 0 aliphatic carbocycles. The van der Waals surface area contributed by atoms with E-state index in [9.17, 15) is 4.79 Å². The first-order valence-corrected chi connectivity index (χ1v) is 6.69. The van der Waals surface area contributed by atoms with Crippen molar-refractivity contribution in [1.82, 2.24) is 5.32 Å². The molecule has 2 rings (SSSR count).